The molecule has 2 aromatic carbocycles. The molecule has 0 bridgehead atoms. The van der Waals surface area contributed by atoms with Crippen molar-refractivity contribution in [3.63, 3.8) is 0 Å². The molecule has 2 rings (SSSR count). The van der Waals surface area contributed by atoms with Crippen LogP contribution >= 0.6 is 0 Å². The Labute approximate surface area is 167 Å². The molecule has 0 heterocycles. The minimum Gasteiger partial charge on any atom is -0.494 e. The third kappa shape index (κ3) is 5.48. The lowest BCUT2D eigenvalue weighted by Crippen LogP contribution is -2.49. The molecule has 2 aromatic rings. The van der Waals surface area contributed by atoms with Crippen LogP contribution < -0.4 is 14.4 Å². The maximum atomic E-state index is 12.9. The minimum absolute atomic E-state index is 0.261. The number of benzene rings is 2. The molecule has 6 nitrogen and oxygen atoms in total. The standard InChI is InChI=1S/C21H28N2O4S/c1-5-19(23(28(4,25)26)18-12-9-10-16(3)14-18)21(24)22-15-17-11-7-8-13-20(17)27-6-2/h7-14,19H,5-6,15H2,1-4H3,(H,22,24). The van der Waals surface area contributed by atoms with Gasteiger partial charge in [-0.3, -0.25) is 9.10 Å². The van der Waals surface area contributed by atoms with Gasteiger partial charge in [-0.2, -0.15) is 0 Å². The predicted molar refractivity (Wildman–Crippen MR) is 112 cm³/mol. The van der Waals surface area contributed by atoms with E-state index in [4.69, 9.17) is 4.74 Å². The molecule has 1 atom stereocenters. The molecule has 0 saturated heterocycles. The number of nitrogens with zero attached hydrogens (tertiary/aromatic N) is 1. The SMILES string of the molecule is CCOc1ccccc1CNC(=O)C(CC)N(c1cccc(C)c1)S(C)(=O)=O. The molecule has 0 radical (unpaired) electrons. The van der Waals surface area contributed by atoms with Crippen molar-refractivity contribution in [1.82, 2.24) is 5.32 Å². The second-order valence-corrected chi connectivity index (χ2v) is 8.44. The molecule has 0 aliphatic rings. The van der Waals surface area contributed by atoms with Crippen LogP contribution in [0.15, 0.2) is 48.5 Å². The summed E-state index contributed by atoms with van der Waals surface area (Å²) >= 11 is 0. The number of amides is 1. The van der Waals surface area contributed by atoms with Gasteiger partial charge in [-0.05, 0) is 44.0 Å². The van der Waals surface area contributed by atoms with Crippen LogP contribution in [-0.4, -0.2) is 33.2 Å². The van der Waals surface area contributed by atoms with Gasteiger partial charge in [0.2, 0.25) is 15.9 Å². The van der Waals surface area contributed by atoms with E-state index >= 15 is 0 Å². The average Bonchev–Trinajstić information content (AvgIpc) is 2.64. The Morgan fingerprint density at radius 3 is 2.46 bits per heavy atom. The summed E-state index contributed by atoms with van der Waals surface area (Å²) in [6.45, 7) is 6.37. The van der Waals surface area contributed by atoms with E-state index in [1.54, 1.807) is 25.1 Å². The van der Waals surface area contributed by atoms with Crippen molar-refractivity contribution in [3.8, 4) is 5.75 Å². The number of rotatable bonds is 9. The molecule has 1 amide bonds. The third-order valence-corrected chi connectivity index (χ3v) is 5.49. The van der Waals surface area contributed by atoms with E-state index < -0.39 is 16.1 Å². The van der Waals surface area contributed by atoms with Gasteiger partial charge in [-0.25, -0.2) is 8.42 Å². The molecule has 7 heteroatoms. The van der Waals surface area contributed by atoms with Crippen molar-refractivity contribution < 1.29 is 17.9 Å². The minimum atomic E-state index is -3.64. The topological polar surface area (TPSA) is 75.7 Å². The smallest absolute Gasteiger partial charge is 0.244 e. The Morgan fingerprint density at radius 2 is 1.86 bits per heavy atom. The number of para-hydroxylation sites is 1. The molecule has 1 N–H and O–H groups in total. The molecule has 0 fully saturated rings. The van der Waals surface area contributed by atoms with Gasteiger partial charge in [-0.15, -0.1) is 0 Å². The Bertz CT molecular complexity index is 912. The predicted octanol–water partition coefficient (Wildman–Crippen LogP) is 3.25. The van der Waals surface area contributed by atoms with E-state index in [0.29, 0.717) is 24.5 Å². The van der Waals surface area contributed by atoms with Gasteiger partial charge in [0.05, 0.1) is 18.6 Å². The molecular weight excluding hydrogens is 376 g/mol. The van der Waals surface area contributed by atoms with E-state index in [-0.39, 0.29) is 12.5 Å². The summed E-state index contributed by atoms with van der Waals surface area (Å²) in [5.41, 5.74) is 2.25. The largest absolute Gasteiger partial charge is 0.494 e. The van der Waals surface area contributed by atoms with Gasteiger partial charge in [0.1, 0.15) is 11.8 Å². The summed E-state index contributed by atoms with van der Waals surface area (Å²) in [7, 11) is -3.64. The van der Waals surface area contributed by atoms with E-state index in [9.17, 15) is 13.2 Å². The first kappa shape index (κ1) is 21.8. The number of anilines is 1. The molecule has 0 aliphatic heterocycles. The number of nitrogens with one attached hydrogen (secondary N) is 1. The molecule has 0 aliphatic carbocycles. The summed E-state index contributed by atoms with van der Waals surface area (Å²) in [6.07, 6.45) is 1.47. The zero-order chi connectivity index (χ0) is 20.7. The van der Waals surface area contributed by atoms with Crippen molar-refractivity contribution in [3.05, 3.63) is 59.7 Å². The number of ether oxygens (including phenoxy) is 1. The van der Waals surface area contributed by atoms with Gasteiger partial charge in [0.25, 0.3) is 0 Å². The average molecular weight is 405 g/mol. The van der Waals surface area contributed by atoms with Crippen LogP contribution in [0.5, 0.6) is 5.75 Å². The fourth-order valence-corrected chi connectivity index (χ4v) is 4.28. The van der Waals surface area contributed by atoms with Gasteiger partial charge < -0.3 is 10.1 Å². The lowest BCUT2D eigenvalue weighted by molar-refractivity contribution is -0.122. The second-order valence-electron chi connectivity index (χ2n) is 6.58. The lowest BCUT2D eigenvalue weighted by Gasteiger charge is -2.30. The fraction of sp³-hybridized carbons (Fsp3) is 0.381. The zero-order valence-corrected chi connectivity index (χ0v) is 17.6. The van der Waals surface area contributed by atoms with Crippen LogP contribution in [0.25, 0.3) is 0 Å². The molecule has 0 saturated carbocycles. The first-order valence-corrected chi connectivity index (χ1v) is 11.2. The van der Waals surface area contributed by atoms with Crippen LogP contribution in [-0.2, 0) is 21.4 Å². The third-order valence-electron chi connectivity index (χ3n) is 4.31. The van der Waals surface area contributed by atoms with Crippen LogP contribution in [0.2, 0.25) is 0 Å². The van der Waals surface area contributed by atoms with E-state index in [1.165, 1.54) is 4.31 Å². The van der Waals surface area contributed by atoms with Crippen LogP contribution in [0.4, 0.5) is 5.69 Å². The summed E-state index contributed by atoms with van der Waals surface area (Å²) < 4.78 is 31.8. The van der Waals surface area contributed by atoms with Gasteiger partial charge in [0, 0.05) is 12.1 Å². The maximum absolute atomic E-state index is 12.9. The Balaban J connectivity index is 2.25. The van der Waals surface area contributed by atoms with Crippen molar-refractivity contribution >= 4 is 21.6 Å². The highest BCUT2D eigenvalue weighted by Crippen LogP contribution is 2.24. The molecule has 28 heavy (non-hydrogen) atoms. The number of carbonyl (C=O) groups is 1. The second kappa shape index (κ2) is 9.59. The summed E-state index contributed by atoms with van der Waals surface area (Å²) in [5.74, 6) is 0.359. The number of hydrogen-bond donors (Lipinski definition) is 1. The molecule has 152 valence electrons. The highest BCUT2D eigenvalue weighted by molar-refractivity contribution is 7.92. The summed E-state index contributed by atoms with van der Waals surface area (Å²) in [6, 6.07) is 13.8. The Morgan fingerprint density at radius 1 is 1.14 bits per heavy atom. The number of carbonyl (C=O) groups excluding carboxylic acids is 1. The van der Waals surface area contributed by atoms with Gasteiger partial charge >= 0.3 is 0 Å². The fourth-order valence-electron chi connectivity index (χ4n) is 3.07. The van der Waals surface area contributed by atoms with E-state index in [2.05, 4.69) is 5.32 Å². The monoisotopic (exact) mass is 404 g/mol. The summed E-state index contributed by atoms with van der Waals surface area (Å²) in [4.78, 5) is 12.9. The van der Waals surface area contributed by atoms with Crippen molar-refractivity contribution in [2.45, 2.75) is 39.8 Å². The molecule has 0 spiro atoms. The van der Waals surface area contributed by atoms with E-state index in [1.807, 2.05) is 44.2 Å². The van der Waals surface area contributed by atoms with Crippen molar-refractivity contribution in [2.75, 3.05) is 17.2 Å². The highest BCUT2D eigenvalue weighted by Gasteiger charge is 2.31. The Hall–Kier alpha value is -2.54. The summed E-state index contributed by atoms with van der Waals surface area (Å²) in [5, 5.41) is 2.86. The molecule has 1 unspecified atom stereocenters. The molecular formula is C21H28N2O4S. The normalized spacial score (nSPS) is 12.3. The lowest BCUT2D eigenvalue weighted by atomic mass is 10.1. The first-order chi connectivity index (χ1) is 13.3. The highest BCUT2D eigenvalue weighted by atomic mass is 32.2. The van der Waals surface area contributed by atoms with Crippen molar-refractivity contribution in [2.24, 2.45) is 0 Å². The van der Waals surface area contributed by atoms with Gasteiger partial charge in [-0.1, -0.05) is 37.3 Å². The van der Waals surface area contributed by atoms with Crippen molar-refractivity contribution in [1.29, 1.82) is 0 Å². The molecule has 0 aromatic heterocycles. The van der Waals surface area contributed by atoms with Crippen LogP contribution in [0.3, 0.4) is 0 Å². The van der Waals surface area contributed by atoms with Crippen LogP contribution in [0.1, 0.15) is 31.4 Å². The quantitative estimate of drug-likeness (QED) is 0.696. The first-order valence-electron chi connectivity index (χ1n) is 9.32. The van der Waals surface area contributed by atoms with E-state index in [0.717, 1.165) is 17.4 Å². The Kier molecular flexibility index (Phi) is 7.45. The van der Waals surface area contributed by atoms with Gasteiger partial charge in [0.15, 0.2) is 0 Å². The number of sulfonamides is 1. The number of hydrogen-bond acceptors (Lipinski definition) is 4. The van der Waals surface area contributed by atoms with Crippen LogP contribution in [0, 0.1) is 6.92 Å². The zero-order valence-electron chi connectivity index (χ0n) is 16.8. The number of aryl methyl sites for hydroxylation is 1. The maximum Gasteiger partial charge on any atom is 0.244 e.